The molecule has 0 spiro atoms. The highest BCUT2D eigenvalue weighted by molar-refractivity contribution is 5.93. The van der Waals surface area contributed by atoms with E-state index in [1.165, 1.54) is 37.7 Å². The van der Waals surface area contributed by atoms with Crippen LogP contribution in [0.25, 0.3) is 10.9 Å². The van der Waals surface area contributed by atoms with Crippen molar-refractivity contribution < 1.29 is 4.74 Å². The number of rotatable bonds is 11. The standard InChI is InChI=1S/C23H37N3O/c1-17(2)22(26(4)5)11-9-7-8-10-13-24-21-16-19(27-6)15-20-18(3)12-14-25-23(20)21/h12,14-17,22,24H,7-11,13H2,1-6H3. The summed E-state index contributed by atoms with van der Waals surface area (Å²) < 4.78 is 5.47. The van der Waals surface area contributed by atoms with Crippen LogP contribution in [0.3, 0.4) is 0 Å². The van der Waals surface area contributed by atoms with E-state index in [1.54, 1.807) is 7.11 Å². The molecule has 1 atom stereocenters. The summed E-state index contributed by atoms with van der Waals surface area (Å²) in [6.45, 7) is 7.73. The fraction of sp³-hybridized carbons (Fsp3) is 0.609. The van der Waals surface area contributed by atoms with Crippen LogP contribution in [0.5, 0.6) is 5.75 Å². The van der Waals surface area contributed by atoms with Crippen molar-refractivity contribution in [2.75, 3.05) is 33.1 Å². The first-order valence-corrected chi connectivity index (χ1v) is 10.3. The normalized spacial score (nSPS) is 12.7. The topological polar surface area (TPSA) is 37.4 Å². The molecule has 27 heavy (non-hydrogen) atoms. The van der Waals surface area contributed by atoms with Gasteiger partial charge in [-0.1, -0.05) is 33.1 Å². The van der Waals surface area contributed by atoms with Crippen molar-refractivity contribution in [2.24, 2.45) is 5.92 Å². The predicted molar refractivity (Wildman–Crippen MR) is 117 cm³/mol. The summed E-state index contributed by atoms with van der Waals surface area (Å²) in [6, 6.07) is 6.86. The van der Waals surface area contributed by atoms with Crippen LogP contribution in [0.4, 0.5) is 5.69 Å². The predicted octanol–water partition coefficient (Wildman–Crippen LogP) is 5.50. The van der Waals surface area contributed by atoms with Gasteiger partial charge in [-0.2, -0.15) is 0 Å². The molecular weight excluding hydrogens is 334 g/mol. The Morgan fingerprint density at radius 2 is 1.85 bits per heavy atom. The summed E-state index contributed by atoms with van der Waals surface area (Å²) in [7, 11) is 6.11. The Balaban J connectivity index is 1.81. The van der Waals surface area contributed by atoms with Crippen LogP contribution in [-0.2, 0) is 0 Å². The van der Waals surface area contributed by atoms with Gasteiger partial charge < -0.3 is 15.0 Å². The van der Waals surface area contributed by atoms with Crippen LogP contribution in [0, 0.1) is 12.8 Å². The van der Waals surface area contributed by atoms with Gasteiger partial charge in [-0.25, -0.2) is 0 Å². The van der Waals surface area contributed by atoms with Crippen LogP contribution in [-0.4, -0.2) is 43.7 Å². The van der Waals surface area contributed by atoms with Crippen LogP contribution in [0.2, 0.25) is 0 Å². The lowest BCUT2D eigenvalue weighted by Gasteiger charge is -2.27. The Labute approximate surface area is 165 Å². The molecule has 1 aromatic heterocycles. The maximum absolute atomic E-state index is 5.47. The van der Waals surface area contributed by atoms with Gasteiger partial charge in [0.15, 0.2) is 0 Å². The smallest absolute Gasteiger partial charge is 0.121 e. The van der Waals surface area contributed by atoms with Crippen molar-refractivity contribution in [3.63, 3.8) is 0 Å². The van der Waals surface area contributed by atoms with Crippen molar-refractivity contribution in [2.45, 2.75) is 58.9 Å². The summed E-state index contributed by atoms with van der Waals surface area (Å²) in [6.07, 6.45) is 8.23. The molecule has 1 unspecified atom stereocenters. The monoisotopic (exact) mass is 371 g/mol. The molecule has 1 aromatic carbocycles. The number of benzene rings is 1. The first-order chi connectivity index (χ1) is 12.9. The molecule has 1 heterocycles. The molecule has 0 aliphatic carbocycles. The number of hydrogen-bond donors (Lipinski definition) is 1. The minimum Gasteiger partial charge on any atom is -0.497 e. The number of pyridine rings is 1. The number of hydrogen-bond acceptors (Lipinski definition) is 4. The summed E-state index contributed by atoms with van der Waals surface area (Å²) in [5.74, 6) is 1.60. The second-order valence-electron chi connectivity index (χ2n) is 8.10. The number of nitrogens with zero attached hydrogens (tertiary/aromatic N) is 2. The van der Waals surface area contributed by atoms with Crippen LogP contribution >= 0.6 is 0 Å². The van der Waals surface area contributed by atoms with Gasteiger partial charge in [0, 0.05) is 30.2 Å². The largest absolute Gasteiger partial charge is 0.497 e. The van der Waals surface area contributed by atoms with Crippen molar-refractivity contribution in [3.05, 3.63) is 30.0 Å². The number of nitrogens with one attached hydrogen (secondary N) is 1. The molecule has 4 heteroatoms. The molecule has 0 radical (unpaired) electrons. The van der Waals surface area contributed by atoms with Gasteiger partial charge >= 0.3 is 0 Å². The minimum absolute atomic E-state index is 0.695. The third-order valence-corrected chi connectivity index (χ3v) is 5.45. The molecule has 150 valence electrons. The molecule has 0 amide bonds. The zero-order valence-electron chi connectivity index (χ0n) is 18.0. The van der Waals surface area contributed by atoms with Crippen molar-refractivity contribution in [1.29, 1.82) is 0 Å². The number of fused-ring (bicyclic) bond motifs is 1. The number of unbranched alkanes of at least 4 members (excludes halogenated alkanes) is 3. The van der Waals surface area contributed by atoms with Crippen molar-refractivity contribution in [3.8, 4) is 5.75 Å². The summed E-state index contributed by atoms with van der Waals surface area (Å²) in [4.78, 5) is 6.95. The van der Waals surface area contributed by atoms with E-state index in [0.717, 1.165) is 34.8 Å². The fourth-order valence-electron chi connectivity index (χ4n) is 3.86. The highest BCUT2D eigenvalue weighted by Crippen LogP contribution is 2.29. The summed E-state index contributed by atoms with van der Waals surface area (Å²) >= 11 is 0. The van der Waals surface area contributed by atoms with Crippen molar-refractivity contribution >= 4 is 16.6 Å². The molecule has 0 aliphatic rings. The van der Waals surface area contributed by atoms with E-state index in [1.807, 2.05) is 12.3 Å². The number of anilines is 1. The van der Waals surface area contributed by atoms with E-state index in [4.69, 9.17) is 4.74 Å². The second-order valence-corrected chi connectivity index (χ2v) is 8.10. The summed E-state index contributed by atoms with van der Waals surface area (Å²) in [5.41, 5.74) is 3.32. The lowest BCUT2D eigenvalue weighted by molar-refractivity contribution is 0.213. The molecule has 1 N–H and O–H groups in total. The van der Waals surface area contributed by atoms with E-state index < -0.39 is 0 Å². The third kappa shape index (κ3) is 6.10. The zero-order chi connectivity index (χ0) is 19.8. The SMILES string of the molecule is COc1cc(NCCCCCCC(C(C)C)N(C)C)c2nccc(C)c2c1. The number of aromatic nitrogens is 1. The first kappa shape index (κ1) is 21.5. The van der Waals surface area contributed by atoms with Crippen LogP contribution in [0.1, 0.15) is 51.5 Å². The number of aryl methyl sites for hydroxylation is 1. The lowest BCUT2D eigenvalue weighted by Crippen LogP contribution is -2.32. The molecule has 0 bridgehead atoms. The molecular formula is C23H37N3O. The van der Waals surface area contributed by atoms with Gasteiger partial charge in [0.25, 0.3) is 0 Å². The molecule has 2 aromatic rings. The molecule has 4 nitrogen and oxygen atoms in total. The van der Waals surface area contributed by atoms with E-state index in [9.17, 15) is 0 Å². The fourth-order valence-corrected chi connectivity index (χ4v) is 3.86. The second kappa shape index (κ2) is 10.5. The van der Waals surface area contributed by atoms with Crippen LogP contribution in [0.15, 0.2) is 24.4 Å². The van der Waals surface area contributed by atoms with Gasteiger partial charge in [0.1, 0.15) is 5.75 Å². The minimum atomic E-state index is 0.695. The quantitative estimate of drug-likeness (QED) is 0.529. The van der Waals surface area contributed by atoms with E-state index in [0.29, 0.717) is 6.04 Å². The molecule has 0 fully saturated rings. The Bertz CT molecular complexity index is 704. The van der Waals surface area contributed by atoms with E-state index >= 15 is 0 Å². The Morgan fingerprint density at radius 1 is 1.11 bits per heavy atom. The van der Waals surface area contributed by atoms with Gasteiger partial charge in [-0.05, 0) is 57.5 Å². The first-order valence-electron chi connectivity index (χ1n) is 10.3. The lowest BCUT2D eigenvalue weighted by atomic mass is 9.96. The van der Waals surface area contributed by atoms with E-state index in [2.05, 4.69) is 62.2 Å². The Kier molecular flexibility index (Phi) is 8.36. The van der Waals surface area contributed by atoms with Gasteiger partial charge in [-0.3, -0.25) is 4.98 Å². The number of methoxy groups -OCH3 is 1. The molecule has 0 aliphatic heterocycles. The Hall–Kier alpha value is -1.81. The van der Waals surface area contributed by atoms with Gasteiger partial charge in [0.2, 0.25) is 0 Å². The van der Waals surface area contributed by atoms with Crippen LogP contribution < -0.4 is 10.1 Å². The van der Waals surface area contributed by atoms with Gasteiger partial charge in [-0.15, -0.1) is 0 Å². The van der Waals surface area contributed by atoms with E-state index in [-0.39, 0.29) is 0 Å². The highest BCUT2D eigenvalue weighted by atomic mass is 16.5. The zero-order valence-corrected chi connectivity index (χ0v) is 18.0. The third-order valence-electron chi connectivity index (χ3n) is 5.45. The van der Waals surface area contributed by atoms with Gasteiger partial charge in [0.05, 0.1) is 18.3 Å². The average molecular weight is 372 g/mol. The Morgan fingerprint density at radius 3 is 2.52 bits per heavy atom. The molecule has 2 rings (SSSR count). The molecule has 0 saturated heterocycles. The maximum Gasteiger partial charge on any atom is 0.121 e. The average Bonchev–Trinajstić information content (AvgIpc) is 2.63. The summed E-state index contributed by atoms with van der Waals surface area (Å²) in [5, 5.41) is 4.73. The number of ether oxygens (including phenoxy) is 1. The van der Waals surface area contributed by atoms with Crippen molar-refractivity contribution in [1.82, 2.24) is 9.88 Å². The highest BCUT2D eigenvalue weighted by Gasteiger charge is 2.14. The maximum atomic E-state index is 5.47. The molecule has 0 saturated carbocycles.